The molecule has 2 aliphatic rings. The van der Waals surface area contributed by atoms with E-state index >= 15 is 0 Å². The second-order valence-corrected chi connectivity index (χ2v) is 14.9. The summed E-state index contributed by atoms with van der Waals surface area (Å²) in [6.45, 7) is -2.71. The van der Waals surface area contributed by atoms with E-state index in [-0.39, 0.29) is 0 Å². The summed E-state index contributed by atoms with van der Waals surface area (Å²) in [5.74, 6) is -1.81. The quantitative estimate of drug-likeness (QED) is 0.0811. The van der Waals surface area contributed by atoms with Gasteiger partial charge in [-0.3, -0.25) is 27.3 Å². The molecule has 0 bridgehead atoms. The summed E-state index contributed by atoms with van der Waals surface area (Å²) in [5, 5.41) is 0. The van der Waals surface area contributed by atoms with Gasteiger partial charge in [-0.1, -0.05) is 0 Å². The SMILES string of the molecule is O=S(=O)(O)OC[C@H]1CC(O[C@@H]2O[C@H](COS(=O)(=O)O)[C@@H](OS(=O)(=O)O)[C@@H]2OS(=O)(=O)O)C[C@@H](OS(=O)(=O)O)[C@@H]1OS(=O)(=O)O. The van der Waals surface area contributed by atoms with Crippen molar-refractivity contribution in [3.63, 3.8) is 0 Å². The normalized spacial score (nSPS) is 31.2. The molecule has 44 heavy (non-hydrogen) atoms. The van der Waals surface area contributed by atoms with Crippen molar-refractivity contribution in [2.75, 3.05) is 13.2 Å². The van der Waals surface area contributed by atoms with Gasteiger partial charge in [-0.05, 0) is 6.42 Å². The third-order valence-corrected chi connectivity index (χ3v) is 8.00. The minimum Gasteiger partial charge on any atom is -0.346 e. The minimum absolute atomic E-state index is 0.796. The largest absolute Gasteiger partial charge is 0.397 e. The van der Waals surface area contributed by atoms with Crippen LogP contribution in [0.3, 0.4) is 0 Å². The van der Waals surface area contributed by atoms with Crippen molar-refractivity contribution in [2.45, 2.75) is 55.8 Å². The maximum Gasteiger partial charge on any atom is 0.397 e. The molecule has 32 heteroatoms. The fourth-order valence-corrected chi connectivity index (χ4v) is 6.73. The van der Waals surface area contributed by atoms with Gasteiger partial charge in [0.1, 0.15) is 24.4 Å². The molecule has 0 amide bonds. The van der Waals surface area contributed by atoms with Gasteiger partial charge in [0, 0.05) is 12.3 Å². The van der Waals surface area contributed by atoms with Crippen molar-refractivity contribution in [3.8, 4) is 0 Å². The fraction of sp³-hybridized carbons (Fsp3) is 1.00. The average molecular weight is 775 g/mol. The van der Waals surface area contributed by atoms with Gasteiger partial charge in [0.25, 0.3) is 0 Å². The molecule has 0 aromatic rings. The van der Waals surface area contributed by atoms with Gasteiger partial charge in [-0.15, -0.1) is 0 Å². The highest BCUT2D eigenvalue weighted by Gasteiger charge is 2.54. The molecule has 1 aliphatic heterocycles. The van der Waals surface area contributed by atoms with Crippen molar-refractivity contribution >= 4 is 62.4 Å². The Bertz CT molecular complexity index is 1660. The summed E-state index contributed by atoms with van der Waals surface area (Å²) in [5.41, 5.74) is 0. The molecule has 2 fully saturated rings. The maximum absolute atomic E-state index is 11.5. The first-order valence-corrected chi connectivity index (χ1v) is 18.9. The molecule has 262 valence electrons. The summed E-state index contributed by atoms with van der Waals surface area (Å²) in [6.07, 6.45) is -17.6. The Balaban J connectivity index is 2.53. The molecule has 1 saturated carbocycles. The molecule has 8 atom stereocenters. The van der Waals surface area contributed by atoms with E-state index < -0.39 is 137 Å². The van der Waals surface area contributed by atoms with Gasteiger partial charge in [-0.2, -0.15) is 50.5 Å². The van der Waals surface area contributed by atoms with Crippen LogP contribution in [0, 0.1) is 5.92 Å². The molecule has 0 spiro atoms. The third-order valence-electron chi connectivity index (χ3n) is 5.24. The Morgan fingerprint density at radius 2 is 0.955 bits per heavy atom. The smallest absolute Gasteiger partial charge is 0.346 e. The molecular formula is C12H22O26S6. The summed E-state index contributed by atoms with van der Waals surface area (Å²) < 4.78 is 225. The molecule has 26 nitrogen and oxygen atoms in total. The van der Waals surface area contributed by atoms with Gasteiger partial charge < -0.3 is 9.47 Å². The van der Waals surface area contributed by atoms with E-state index in [1.54, 1.807) is 0 Å². The van der Waals surface area contributed by atoms with Crippen LogP contribution in [0.15, 0.2) is 0 Å². The van der Waals surface area contributed by atoms with Gasteiger partial charge in [0.05, 0.1) is 19.3 Å². The molecule has 1 saturated heterocycles. The predicted molar refractivity (Wildman–Crippen MR) is 127 cm³/mol. The van der Waals surface area contributed by atoms with Gasteiger partial charge in [0.2, 0.25) is 0 Å². The maximum atomic E-state index is 11.5. The molecule has 0 aromatic heterocycles. The van der Waals surface area contributed by atoms with Gasteiger partial charge >= 0.3 is 62.4 Å². The summed E-state index contributed by atoms with van der Waals surface area (Å²) >= 11 is 0. The highest BCUT2D eigenvalue weighted by atomic mass is 32.3. The average Bonchev–Trinajstić information content (AvgIpc) is 3.03. The van der Waals surface area contributed by atoms with E-state index in [0.29, 0.717) is 0 Å². The summed E-state index contributed by atoms with van der Waals surface area (Å²) in [6, 6.07) is 0. The van der Waals surface area contributed by atoms with Crippen LogP contribution in [0.4, 0.5) is 0 Å². The highest BCUT2D eigenvalue weighted by molar-refractivity contribution is 7.82. The number of ether oxygens (including phenoxy) is 2. The summed E-state index contributed by atoms with van der Waals surface area (Å²) in [7, 11) is -32.9. The zero-order valence-electron chi connectivity index (χ0n) is 20.7. The fourth-order valence-electron chi connectivity index (χ4n) is 4.02. The van der Waals surface area contributed by atoms with Gasteiger partial charge in [0.15, 0.2) is 12.4 Å². The van der Waals surface area contributed by atoms with Crippen molar-refractivity contribution in [2.24, 2.45) is 5.92 Å². The van der Waals surface area contributed by atoms with E-state index in [9.17, 15) is 50.5 Å². The van der Waals surface area contributed by atoms with E-state index in [0.717, 1.165) is 0 Å². The predicted octanol–water partition coefficient (Wildman–Crippen LogP) is -4.10. The first kappa shape index (κ1) is 39.3. The zero-order chi connectivity index (χ0) is 34.1. The Labute approximate surface area is 249 Å². The number of hydrogen-bond donors (Lipinski definition) is 6. The first-order chi connectivity index (χ1) is 19.5. The molecule has 2 rings (SSSR count). The first-order valence-electron chi connectivity index (χ1n) is 10.7. The van der Waals surface area contributed by atoms with Crippen LogP contribution >= 0.6 is 0 Å². The molecule has 1 heterocycles. The second kappa shape index (κ2) is 14.1. The molecule has 6 N–H and O–H groups in total. The molecule has 1 unspecified atom stereocenters. The Hall–Kier alpha value is -0.860. The highest BCUT2D eigenvalue weighted by Crippen LogP contribution is 2.37. The van der Waals surface area contributed by atoms with Crippen LogP contribution in [-0.2, 0) is 97.0 Å². The van der Waals surface area contributed by atoms with Crippen molar-refractivity contribution in [1.29, 1.82) is 0 Å². The minimum atomic E-state index is -5.63. The Kier molecular flexibility index (Phi) is 12.6. The third kappa shape index (κ3) is 14.7. The topological polar surface area (TPSA) is 400 Å². The van der Waals surface area contributed by atoms with Crippen LogP contribution in [0.1, 0.15) is 12.8 Å². The number of rotatable bonds is 16. The summed E-state index contributed by atoms with van der Waals surface area (Å²) in [4.78, 5) is 0. The molecular weight excluding hydrogens is 753 g/mol. The Morgan fingerprint density at radius 3 is 1.41 bits per heavy atom. The van der Waals surface area contributed by atoms with E-state index in [2.05, 4.69) is 25.1 Å². The molecule has 0 radical (unpaired) electrons. The van der Waals surface area contributed by atoms with Crippen LogP contribution in [0.2, 0.25) is 0 Å². The van der Waals surface area contributed by atoms with Crippen molar-refractivity contribution in [3.05, 3.63) is 0 Å². The van der Waals surface area contributed by atoms with Crippen molar-refractivity contribution in [1.82, 2.24) is 0 Å². The standard InChI is InChI=1S/C12H22O26S6/c13-39(14,15)31-3-5-1-6(2-7(35-41(19,20)21)9(5)36-42(22,23)24)33-12-11(38-44(28,29)30)10(37-43(25,26)27)8(34-12)4-32-40(16,17)18/h5-12H,1-4H2,(H,13,14,15)(H,16,17,18)(H,19,20,21)(H,22,23,24)(H,25,26,27)(H,28,29,30)/t5-,6?,7-,8-,9-,10-,11+,12-/m1/s1. The zero-order valence-corrected chi connectivity index (χ0v) is 25.6. The lowest BCUT2D eigenvalue weighted by Gasteiger charge is -2.39. The van der Waals surface area contributed by atoms with Crippen LogP contribution in [0.25, 0.3) is 0 Å². The van der Waals surface area contributed by atoms with Crippen LogP contribution in [0.5, 0.6) is 0 Å². The van der Waals surface area contributed by atoms with E-state index in [4.69, 9.17) is 36.8 Å². The van der Waals surface area contributed by atoms with Gasteiger partial charge in [-0.25, -0.2) is 25.1 Å². The van der Waals surface area contributed by atoms with E-state index in [1.165, 1.54) is 0 Å². The second-order valence-electron chi connectivity index (χ2n) is 8.49. The van der Waals surface area contributed by atoms with Crippen LogP contribution in [-0.4, -0.2) is 134 Å². The lowest BCUT2D eigenvalue weighted by Crippen LogP contribution is -2.51. The lowest BCUT2D eigenvalue weighted by molar-refractivity contribution is -0.210. The number of hydrogen-bond acceptors (Lipinski definition) is 20. The lowest BCUT2D eigenvalue weighted by atomic mass is 9.83. The van der Waals surface area contributed by atoms with Crippen LogP contribution < -0.4 is 0 Å². The van der Waals surface area contributed by atoms with Crippen molar-refractivity contribution < 1.29 is 112 Å². The van der Waals surface area contributed by atoms with E-state index in [1.807, 2.05) is 0 Å². The Morgan fingerprint density at radius 1 is 0.523 bits per heavy atom. The monoisotopic (exact) mass is 774 g/mol. The molecule has 0 aromatic carbocycles. The molecule has 1 aliphatic carbocycles.